The minimum Gasteiger partial charge on any atom is -0.166 e. The van der Waals surface area contributed by atoms with Crippen LogP contribution in [0.5, 0.6) is 0 Å². The Hall–Kier alpha value is 0.170. The van der Waals surface area contributed by atoms with Crippen LogP contribution >= 0.6 is 32.5 Å². The first-order valence-electron chi connectivity index (χ1n) is 2.83. The first kappa shape index (κ1) is 12.2. The molecule has 0 aliphatic carbocycles. The topological polar surface area (TPSA) is 0 Å². The lowest BCUT2D eigenvalue weighted by Gasteiger charge is -2.04. The molecular formula is C7H7F3IP. The Morgan fingerprint density at radius 2 is 1.42 bits per heavy atom. The summed E-state index contributed by atoms with van der Waals surface area (Å²) in [4.78, 5) is 0. The van der Waals surface area contributed by atoms with Crippen molar-refractivity contribution in [3.63, 3.8) is 0 Å². The highest BCUT2D eigenvalue weighted by Crippen LogP contribution is 2.29. The van der Waals surface area contributed by atoms with E-state index in [9.17, 15) is 13.2 Å². The zero-order valence-corrected chi connectivity index (χ0v) is 9.60. The van der Waals surface area contributed by atoms with Gasteiger partial charge in [-0.25, -0.2) is 0 Å². The molecule has 0 fully saturated rings. The fourth-order valence-electron chi connectivity index (χ4n) is 0.639. The second-order valence-corrected chi connectivity index (χ2v) is 3.25. The van der Waals surface area contributed by atoms with Gasteiger partial charge in [-0.15, -0.1) is 0 Å². The van der Waals surface area contributed by atoms with Gasteiger partial charge in [-0.2, -0.15) is 23.1 Å². The molecule has 0 aromatic heterocycles. The molecular weight excluding hydrogens is 299 g/mol. The van der Waals surface area contributed by atoms with Gasteiger partial charge in [0, 0.05) is 3.57 Å². The Labute approximate surface area is 85.3 Å². The van der Waals surface area contributed by atoms with Crippen LogP contribution in [0.15, 0.2) is 24.3 Å². The smallest absolute Gasteiger partial charge is 0.166 e. The van der Waals surface area contributed by atoms with E-state index in [1.54, 1.807) is 0 Å². The fraction of sp³-hybridized carbons (Fsp3) is 0.143. The third-order valence-corrected chi connectivity index (χ3v) is 1.89. The summed E-state index contributed by atoms with van der Waals surface area (Å²) in [6.07, 6.45) is -4.22. The van der Waals surface area contributed by atoms with Crippen molar-refractivity contribution >= 4 is 32.5 Å². The molecule has 68 valence electrons. The molecule has 5 heteroatoms. The van der Waals surface area contributed by atoms with Crippen LogP contribution in [-0.2, 0) is 6.18 Å². The van der Waals surface area contributed by atoms with Crippen molar-refractivity contribution in [3.05, 3.63) is 33.4 Å². The van der Waals surface area contributed by atoms with E-state index in [-0.39, 0.29) is 9.90 Å². The Morgan fingerprint density at radius 3 is 1.75 bits per heavy atom. The van der Waals surface area contributed by atoms with Crippen molar-refractivity contribution in [1.29, 1.82) is 0 Å². The van der Waals surface area contributed by atoms with Crippen LogP contribution in [0.1, 0.15) is 5.56 Å². The molecule has 0 saturated heterocycles. The van der Waals surface area contributed by atoms with Gasteiger partial charge < -0.3 is 0 Å². The van der Waals surface area contributed by atoms with Crippen LogP contribution in [0.25, 0.3) is 0 Å². The quantitative estimate of drug-likeness (QED) is 0.509. The van der Waals surface area contributed by atoms with Gasteiger partial charge in [-0.05, 0) is 46.9 Å². The summed E-state index contributed by atoms with van der Waals surface area (Å²) in [5, 5.41) is 0. The predicted octanol–water partition coefficient (Wildman–Crippen LogP) is 3.37. The van der Waals surface area contributed by atoms with Gasteiger partial charge in [0.2, 0.25) is 0 Å². The fourth-order valence-corrected chi connectivity index (χ4v) is 0.998. The highest BCUT2D eigenvalue weighted by molar-refractivity contribution is 14.1. The van der Waals surface area contributed by atoms with Crippen molar-refractivity contribution in [1.82, 2.24) is 0 Å². The first-order valence-corrected chi connectivity index (χ1v) is 3.91. The first-order chi connectivity index (χ1) is 5.00. The van der Waals surface area contributed by atoms with Gasteiger partial charge in [-0.1, -0.05) is 0 Å². The molecule has 0 nitrogen and oxygen atoms in total. The van der Waals surface area contributed by atoms with Gasteiger partial charge in [0.05, 0.1) is 5.56 Å². The van der Waals surface area contributed by atoms with Gasteiger partial charge in [0.25, 0.3) is 0 Å². The number of alkyl halides is 3. The van der Waals surface area contributed by atoms with Gasteiger partial charge >= 0.3 is 6.18 Å². The lowest BCUT2D eigenvalue weighted by atomic mass is 10.2. The normalized spacial score (nSPS) is 10.7. The number of hydrogen-bond donors (Lipinski definition) is 0. The summed E-state index contributed by atoms with van der Waals surface area (Å²) >= 11 is 1.96. The van der Waals surface area contributed by atoms with Gasteiger partial charge in [0.15, 0.2) is 0 Å². The molecule has 1 unspecified atom stereocenters. The molecule has 0 N–H and O–H groups in total. The maximum Gasteiger partial charge on any atom is 0.416 e. The summed E-state index contributed by atoms with van der Waals surface area (Å²) in [5.74, 6) is 0. The average Bonchev–Trinajstić information content (AvgIpc) is 1.86. The zero-order chi connectivity index (χ0) is 8.48. The van der Waals surface area contributed by atoms with Crippen molar-refractivity contribution in [2.45, 2.75) is 6.18 Å². The Balaban J connectivity index is 0.00000121. The second-order valence-electron chi connectivity index (χ2n) is 2.00. The molecule has 0 aliphatic heterocycles. The third-order valence-electron chi connectivity index (χ3n) is 1.17. The van der Waals surface area contributed by atoms with E-state index >= 15 is 0 Å². The van der Waals surface area contributed by atoms with Crippen LogP contribution < -0.4 is 0 Å². The molecule has 1 aromatic carbocycles. The van der Waals surface area contributed by atoms with E-state index in [1.165, 1.54) is 12.1 Å². The lowest BCUT2D eigenvalue weighted by molar-refractivity contribution is -0.137. The second kappa shape index (κ2) is 4.42. The molecule has 0 heterocycles. The molecule has 1 atom stereocenters. The molecule has 0 bridgehead atoms. The van der Waals surface area contributed by atoms with Crippen LogP contribution in [0, 0.1) is 3.57 Å². The van der Waals surface area contributed by atoms with Gasteiger partial charge in [0.1, 0.15) is 0 Å². The summed E-state index contributed by atoms with van der Waals surface area (Å²) < 4.78 is 36.6. The number of rotatable bonds is 0. The van der Waals surface area contributed by atoms with Gasteiger partial charge in [-0.3, -0.25) is 0 Å². The predicted molar refractivity (Wildman–Crippen MR) is 55.3 cm³/mol. The minimum absolute atomic E-state index is 0. The minimum atomic E-state index is -4.22. The number of halogens is 4. The maximum atomic E-state index is 11.9. The van der Waals surface area contributed by atoms with Crippen LogP contribution in [0.4, 0.5) is 13.2 Å². The van der Waals surface area contributed by atoms with Crippen LogP contribution in [0.2, 0.25) is 0 Å². The SMILES string of the molecule is FC(F)(F)c1ccc(I)cc1.P. The van der Waals surface area contributed by atoms with Crippen molar-refractivity contribution in [2.75, 3.05) is 0 Å². The Morgan fingerprint density at radius 1 is 1.00 bits per heavy atom. The van der Waals surface area contributed by atoms with E-state index in [0.717, 1.165) is 15.7 Å². The Bertz CT molecular complexity index is 242. The summed E-state index contributed by atoms with van der Waals surface area (Å²) in [7, 11) is 0. The molecule has 0 aliphatic rings. The molecule has 0 spiro atoms. The van der Waals surface area contributed by atoms with E-state index in [1.807, 2.05) is 22.6 Å². The summed E-state index contributed by atoms with van der Waals surface area (Å²) in [5.41, 5.74) is -0.599. The highest BCUT2D eigenvalue weighted by Gasteiger charge is 2.29. The third kappa shape index (κ3) is 3.27. The number of hydrogen-bond acceptors (Lipinski definition) is 0. The molecule has 0 radical (unpaired) electrons. The zero-order valence-electron chi connectivity index (χ0n) is 6.03. The summed E-state index contributed by atoms with van der Waals surface area (Å²) in [6, 6.07) is 5.01. The van der Waals surface area contributed by atoms with Crippen molar-refractivity contribution in [2.24, 2.45) is 0 Å². The molecule has 0 amide bonds. The molecule has 12 heavy (non-hydrogen) atoms. The average molecular weight is 306 g/mol. The van der Waals surface area contributed by atoms with Crippen LogP contribution in [0.3, 0.4) is 0 Å². The standard InChI is InChI=1S/C7H4F3I.H3P/c8-7(9,10)5-1-3-6(11)4-2-5;/h1-4H;1H3. The number of benzene rings is 1. The van der Waals surface area contributed by atoms with E-state index in [4.69, 9.17) is 0 Å². The largest absolute Gasteiger partial charge is 0.416 e. The van der Waals surface area contributed by atoms with Crippen molar-refractivity contribution < 1.29 is 13.2 Å². The maximum absolute atomic E-state index is 11.9. The monoisotopic (exact) mass is 306 g/mol. The van der Waals surface area contributed by atoms with E-state index in [2.05, 4.69) is 0 Å². The van der Waals surface area contributed by atoms with E-state index in [0.29, 0.717) is 0 Å². The molecule has 0 saturated carbocycles. The lowest BCUT2D eigenvalue weighted by Crippen LogP contribution is -2.03. The van der Waals surface area contributed by atoms with Crippen LogP contribution in [-0.4, -0.2) is 0 Å². The highest BCUT2D eigenvalue weighted by atomic mass is 127. The van der Waals surface area contributed by atoms with E-state index < -0.39 is 11.7 Å². The Kier molecular flexibility index (Phi) is 4.48. The van der Waals surface area contributed by atoms with Crippen molar-refractivity contribution in [3.8, 4) is 0 Å². The summed E-state index contributed by atoms with van der Waals surface area (Å²) in [6.45, 7) is 0. The molecule has 1 rings (SSSR count). The molecule has 1 aromatic rings.